The maximum atomic E-state index is 13.8. The molecule has 4 aliphatic rings. The van der Waals surface area contributed by atoms with E-state index in [1.165, 1.54) is 0 Å². The van der Waals surface area contributed by atoms with E-state index in [0.717, 1.165) is 43.3 Å². The smallest absolute Gasteiger partial charge is 0.287 e. The standard InChI is InChI=1S/C23H32N4O6S3/c1-23(2,3)7-8-27-17-13-6-5-12(9-13)15(17)18(28)16(22(27)29)20-25-21-19(36(32,33)26-20)14(11-34-21)10-24-35(4,30)31/h11-13,15,17,24,28H,5-10H2,1-4H3,(H,25,26)/t12-,13+,15-,17+/m1/s1. The van der Waals surface area contributed by atoms with Gasteiger partial charge in [0.05, 0.1) is 6.26 Å². The minimum absolute atomic E-state index is 0.00296. The van der Waals surface area contributed by atoms with Crippen molar-refractivity contribution < 1.29 is 26.7 Å². The normalized spacial score (nSPS) is 29.2. The summed E-state index contributed by atoms with van der Waals surface area (Å²) in [6.07, 6.45) is 4.74. The second-order valence-electron chi connectivity index (χ2n) is 11.5. The first-order chi connectivity index (χ1) is 16.7. The maximum Gasteiger partial charge on any atom is 0.287 e. The second-order valence-corrected chi connectivity index (χ2v) is 15.7. The van der Waals surface area contributed by atoms with Gasteiger partial charge in [-0.3, -0.25) is 4.79 Å². The Morgan fingerprint density at radius 1 is 1.28 bits per heavy atom. The Hall–Kier alpha value is -1.96. The van der Waals surface area contributed by atoms with Crippen LogP contribution in [0.2, 0.25) is 0 Å². The molecule has 2 saturated carbocycles. The molecule has 0 aromatic carbocycles. The Balaban J connectivity index is 1.53. The number of anilines is 1. The zero-order valence-corrected chi connectivity index (χ0v) is 23.2. The van der Waals surface area contributed by atoms with Crippen LogP contribution < -0.4 is 10.0 Å². The van der Waals surface area contributed by atoms with Crippen molar-refractivity contribution in [1.82, 2.24) is 9.62 Å². The molecule has 1 amide bonds. The highest BCUT2D eigenvalue weighted by molar-refractivity contribution is 7.91. The fourth-order valence-electron chi connectivity index (χ4n) is 6.07. The summed E-state index contributed by atoms with van der Waals surface area (Å²) in [5.41, 5.74) is 0.197. The fraction of sp³-hybridized carbons (Fsp3) is 0.652. The number of amidine groups is 1. The highest BCUT2D eigenvalue weighted by Gasteiger charge is 2.57. The van der Waals surface area contributed by atoms with E-state index in [1.807, 2.05) is 4.90 Å². The van der Waals surface area contributed by atoms with Crippen LogP contribution in [-0.2, 0) is 31.4 Å². The molecule has 5 rings (SSSR count). The number of carbonyl (C=O) groups excluding carboxylic acids is 1. The molecule has 0 unspecified atom stereocenters. The maximum absolute atomic E-state index is 13.8. The van der Waals surface area contributed by atoms with Crippen LogP contribution in [-0.4, -0.2) is 57.4 Å². The van der Waals surface area contributed by atoms with Gasteiger partial charge < -0.3 is 15.3 Å². The van der Waals surface area contributed by atoms with Crippen LogP contribution in [0, 0.1) is 23.2 Å². The summed E-state index contributed by atoms with van der Waals surface area (Å²) in [7, 11) is -7.77. The lowest BCUT2D eigenvalue weighted by Gasteiger charge is -2.44. The number of carbonyl (C=O) groups is 1. The van der Waals surface area contributed by atoms with Crippen molar-refractivity contribution in [2.45, 2.75) is 63.9 Å². The van der Waals surface area contributed by atoms with Crippen LogP contribution in [0.4, 0.5) is 5.00 Å². The van der Waals surface area contributed by atoms with E-state index in [0.29, 0.717) is 12.5 Å². The van der Waals surface area contributed by atoms with Gasteiger partial charge in [0.1, 0.15) is 21.2 Å². The monoisotopic (exact) mass is 556 g/mol. The summed E-state index contributed by atoms with van der Waals surface area (Å²) in [5, 5.41) is 16.1. The first kappa shape index (κ1) is 25.7. The van der Waals surface area contributed by atoms with Gasteiger partial charge in [0.15, 0.2) is 5.84 Å². The number of nitrogens with one attached hydrogen (secondary N) is 2. The van der Waals surface area contributed by atoms with E-state index in [9.17, 15) is 26.7 Å². The third-order valence-electron chi connectivity index (χ3n) is 7.66. The van der Waals surface area contributed by atoms with Gasteiger partial charge in [-0.15, -0.1) is 15.7 Å². The molecular formula is C23H32N4O6S3. The fourth-order valence-corrected chi connectivity index (χ4v) is 9.09. The van der Waals surface area contributed by atoms with Crippen molar-refractivity contribution >= 4 is 48.1 Å². The van der Waals surface area contributed by atoms with Gasteiger partial charge >= 0.3 is 0 Å². The van der Waals surface area contributed by atoms with Gasteiger partial charge in [0, 0.05) is 30.6 Å². The predicted octanol–water partition coefficient (Wildman–Crippen LogP) is 2.82. The van der Waals surface area contributed by atoms with E-state index in [-0.39, 0.29) is 62.5 Å². The number of amides is 1. The van der Waals surface area contributed by atoms with E-state index in [2.05, 4.69) is 35.2 Å². The zero-order chi connectivity index (χ0) is 26.2. The van der Waals surface area contributed by atoms with Crippen molar-refractivity contribution in [3.63, 3.8) is 0 Å². The van der Waals surface area contributed by atoms with Gasteiger partial charge in [0.25, 0.3) is 15.9 Å². The van der Waals surface area contributed by atoms with Crippen molar-refractivity contribution in [3.05, 3.63) is 22.3 Å². The molecule has 198 valence electrons. The number of aliphatic hydroxyl groups is 1. The van der Waals surface area contributed by atoms with Crippen molar-refractivity contribution in [1.29, 1.82) is 0 Å². The molecule has 0 saturated heterocycles. The lowest BCUT2D eigenvalue weighted by atomic mass is 9.77. The molecule has 36 heavy (non-hydrogen) atoms. The minimum Gasteiger partial charge on any atom is -0.511 e. The summed E-state index contributed by atoms with van der Waals surface area (Å²) in [4.78, 5) is 15.6. The van der Waals surface area contributed by atoms with Crippen LogP contribution in [0.5, 0.6) is 0 Å². The van der Waals surface area contributed by atoms with Crippen LogP contribution in [0.3, 0.4) is 0 Å². The first-order valence-corrected chi connectivity index (χ1v) is 16.3. The number of hydrogen-bond donors (Lipinski definition) is 3. The van der Waals surface area contributed by atoms with Crippen molar-refractivity contribution in [2.24, 2.45) is 27.6 Å². The third kappa shape index (κ3) is 4.48. The number of thiophene rings is 1. The third-order valence-corrected chi connectivity index (χ3v) is 10.8. The SMILES string of the molecule is CC(C)(C)CCN1C(=O)C(C2=NS(=O)(=O)c3c(CNS(C)(=O)=O)csc3N2)=C(O)[C@@H]2[C@@H]3CC[C@@H](C3)[C@@H]21. The highest BCUT2D eigenvalue weighted by atomic mass is 32.2. The van der Waals surface area contributed by atoms with Gasteiger partial charge in [0.2, 0.25) is 10.0 Å². The molecule has 4 atom stereocenters. The number of nitrogens with zero attached hydrogens (tertiary/aromatic N) is 2. The molecule has 1 aromatic rings. The topological polar surface area (TPSA) is 145 Å². The van der Waals surface area contributed by atoms with E-state index < -0.39 is 26.0 Å². The molecule has 1 aromatic heterocycles. The molecule has 3 N–H and O–H groups in total. The largest absolute Gasteiger partial charge is 0.511 e. The predicted molar refractivity (Wildman–Crippen MR) is 138 cm³/mol. The molecule has 2 fully saturated rings. The van der Waals surface area contributed by atoms with Crippen LogP contribution in [0.25, 0.3) is 0 Å². The molecule has 10 nitrogen and oxygen atoms in total. The average molecular weight is 557 g/mol. The Kier molecular flexibility index (Phi) is 6.09. The Labute approximate surface area is 216 Å². The summed E-state index contributed by atoms with van der Waals surface area (Å²) in [5.74, 6) is -0.256. The quantitative estimate of drug-likeness (QED) is 0.488. The van der Waals surface area contributed by atoms with Crippen LogP contribution in [0.1, 0.15) is 52.0 Å². The number of hydrogen-bond acceptors (Lipinski definition) is 8. The molecular weight excluding hydrogens is 524 g/mol. The van der Waals surface area contributed by atoms with E-state index in [4.69, 9.17) is 0 Å². The van der Waals surface area contributed by atoms with Gasteiger partial charge in [-0.2, -0.15) is 8.42 Å². The summed E-state index contributed by atoms with van der Waals surface area (Å²) in [6.45, 7) is 6.66. The van der Waals surface area contributed by atoms with Gasteiger partial charge in [-0.05, 0) is 48.3 Å². The number of sulfonamides is 2. The van der Waals surface area contributed by atoms with E-state index >= 15 is 0 Å². The molecule has 13 heteroatoms. The molecule has 0 radical (unpaired) electrons. The highest BCUT2D eigenvalue weighted by Crippen LogP contribution is 2.55. The van der Waals surface area contributed by atoms with Crippen molar-refractivity contribution in [3.8, 4) is 0 Å². The lowest BCUT2D eigenvalue weighted by molar-refractivity contribution is -0.133. The molecule has 2 aliphatic carbocycles. The number of rotatable bonds is 6. The molecule has 0 spiro atoms. The van der Waals surface area contributed by atoms with Crippen molar-refractivity contribution in [2.75, 3.05) is 18.1 Å². The van der Waals surface area contributed by atoms with Crippen LogP contribution in [0.15, 0.2) is 26.0 Å². The average Bonchev–Trinajstić information content (AvgIpc) is 3.45. The Bertz CT molecular complexity index is 1390. The Morgan fingerprint density at radius 3 is 2.64 bits per heavy atom. The van der Waals surface area contributed by atoms with E-state index in [1.54, 1.807) is 5.38 Å². The molecule has 3 heterocycles. The molecule has 2 aliphatic heterocycles. The summed E-state index contributed by atoms with van der Waals surface area (Å²) in [6, 6.07) is -0.0749. The van der Waals surface area contributed by atoms with Crippen LogP contribution >= 0.6 is 11.3 Å². The van der Waals surface area contributed by atoms with Gasteiger partial charge in [-0.1, -0.05) is 20.8 Å². The molecule has 2 bridgehead atoms. The Morgan fingerprint density at radius 2 is 1.97 bits per heavy atom. The van der Waals surface area contributed by atoms with Gasteiger partial charge in [-0.25, -0.2) is 13.1 Å². The first-order valence-electron chi connectivity index (χ1n) is 12.1. The number of fused-ring (bicyclic) bond motifs is 6. The summed E-state index contributed by atoms with van der Waals surface area (Å²) < 4.78 is 55.6. The number of aliphatic hydroxyl groups excluding tert-OH is 1. The summed E-state index contributed by atoms with van der Waals surface area (Å²) >= 11 is 1.09. The second kappa shape index (κ2) is 8.53. The minimum atomic E-state index is -4.24. The lowest BCUT2D eigenvalue weighted by Crippen LogP contribution is -2.54. The zero-order valence-electron chi connectivity index (χ0n) is 20.7.